The third kappa shape index (κ3) is 1.44. The molecule has 1 unspecified atom stereocenters. The molecular weight excluding hydrogens is 278 g/mol. The summed E-state index contributed by atoms with van der Waals surface area (Å²) in [5, 5.41) is 12.3. The van der Waals surface area contributed by atoms with E-state index in [1.54, 1.807) is 0 Å². The number of allylic oxidation sites excluding steroid dienone is 2. The highest BCUT2D eigenvalue weighted by Gasteiger charge is 2.55. The Morgan fingerprint density at radius 1 is 1.27 bits per heavy atom. The SMILES string of the molecule is N#CC1=C(N)OC2(C(=O)Nc3ccccc32)C2=C1CCCC2. The molecule has 1 spiro atoms. The summed E-state index contributed by atoms with van der Waals surface area (Å²) >= 11 is 0. The minimum absolute atomic E-state index is 0.0509. The lowest BCUT2D eigenvalue weighted by Crippen LogP contribution is -2.44. The van der Waals surface area contributed by atoms with Gasteiger partial charge in [-0.25, -0.2) is 0 Å². The minimum atomic E-state index is -1.20. The van der Waals surface area contributed by atoms with Gasteiger partial charge in [0.2, 0.25) is 11.5 Å². The zero-order chi connectivity index (χ0) is 15.3. The number of rotatable bonds is 0. The van der Waals surface area contributed by atoms with Crippen molar-refractivity contribution in [1.29, 1.82) is 5.26 Å². The van der Waals surface area contributed by atoms with Gasteiger partial charge in [-0.2, -0.15) is 5.26 Å². The molecule has 0 saturated carbocycles. The summed E-state index contributed by atoms with van der Waals surface area (Å²) in [5.74, 6) is -0.168. The molecule has 5 heteroatoms. The number of amides is 1. The van der Waals surface area contributed by atoms with Gasteiger partial charge < -0.3 is 15.8 Å². The zero-order valence-electron chi connectivity index (χ0n) is 12.0. The molecule has 3 aliphatic rings. The zero-order valence-corrected chi connectivity index (χ0v) is 12.0. The molecule has 0 saturated heterocycles. The maximum Gasteiger partial charge on any atom is 0.277 e. The van der Waals surface area contributed by atoms with Gasteiger partial charge in [0.05, 0.1) is 0 Å². The van der Waals surface area contributed by atoms with Gasteiger partial charge in [-0.15, -0.1) is 0 Å². The van der Waals surface area contributed by atoms with Crippen molar-refractivity contribution >= 4 is 11.6 Å². The molecule has 1 aliphatic carbocycles. The lowest BCUT2D eigenvalue weighted by molar-refractivity contribution is -0.133. The summed E-state index contributed by atoms with van der Waals surface area (Å²) in [6.45, 7) is 0. The van der Waals surface area contributed by atoms with E-state index < -0.39 is 5.60 Å². The van der Waals surface area contributed by atoms with Crippen LogP contribution in [0.3, 0.4) is 0 Å². The van der Waals surface area contributed by atoms with Crippen LogP contribution in [0.2, 0.25) is 0 Å². The fourth-order valence-electron chi connectivity index (χ4n) is 3.75. The molecule has 0 aromatic heterocycles. The fraction of sp³-hybridized carbons (Fsp3) is 0.294. The number of nitrogens with one attached hydrogen (secondary N) is 1. The molecule has 3 N–H and O–H groups in total. The Morgan fingerprint density at radius 2 is 2.05 bits per heavy atom. The summed E-state index contributed by atoms with van der Waals surface area (Å²) in [7, 11) is 0. The summed E-state index contributed by atoms with van der Waals surface area (Å²) in [6.07, 6.45) is 3.49. The number of carbonyl (C=O) groups is 1. The second-order valence-electron chi connectivity index (χ2n) is 5.80. The lowest BCUT2D eigenvalue weighted by atomic mass is 9.74. The van der Waals surface area contributed by atoms with E-state index in [4.69, 9.17) is 10.5 Å². The average molecular weight is 293 g/mol. The molecule has 0 fully saturated rings. The molecule has 1 amide bonds. The smallest absolute Gasteiger partial charge is 0.277 e. The standard InChI is InChI=1S/C17H15N3O2/c18-9-11-10-5-1-2-6-12(10)17(22-15(11)19)13-7-3-4-8-14(13)20-16(17)21/h3-4,7-8H,1-2,5-6,19H2,(H,20,21). The third-order valence-electron chi connectivity index (χ3n) is 4.69. The van der Waals surface area contributed by atoms with Crippen molar-refractivity contribution in [3.05, 3.63) is 52.4 Å². The summed E-state index contributed by atoms with van der Waals surface area (Å²) in [4.78, 5) is 12.8. The van der Waals surface area contributed by atoms with E-state index in [1.165, 1.54) is 0 Å². The van der Waals surface area contributed by atoms with Crippen LogP contribution in [0, 0.1) is 11.3 Å². The van der Waals surface area contributed by atoms with E-state index in [1.807, 2.05) is 24.3 Å². The number of nitrogens with zero attached hydrogens (tertiary/aromatic N) is 1. The van der Waals surface area contributed by atoms with Crippen molar-refractivity contribution in [3.8, 4) is 6.07 Å². The average Bonchev–Trinajstić information content (AvgIpc) is 2.81. The Bertz CT molecular complexity index is 800. The molecule has 5 nitrogen and oxygen atoms in total. The lowest BCUT2D eigenvalue weighted by Gasteiger charge is -2.38. The van der Waals surface area contributed by atoms with Crippen molar-refractivity contribution in [1.82, 2.24) is 0 Å². The van der Waals surface area contributed by atoms with Crippen molar-refractivity contribution in [2.45, 2.75) is 31.3 Å². The molecule has 0 bridgehead atoms. The van der Waals surface area contributed by atoms with Crippen LogP contribution in [-0.4, -0.2) is 5.91 Å². The number of benzene rings is 1. The third-order valence-corrected chi connectivity index (χ3v) is 4.69. The van der Waals surface area contributed by atoms with Gasteiger partial charge in [0, 0.05) is 11.3 Å². The molecular formula is C17H15N3O2. The summed E-state index contributed by atoms with van der Waals surface area (Å²) in [5.41, 5.74) is 8.50. The second-order valence-corrected chi connectivity index (χ2v) is 5.80. The number of nitrogens with two attached hydrogens (primary N) is 1. The molecule has 0 radical (unpaired) electrons. The number of fused-ring (bicyclic) bond motifs is 3. The normalized spacial score (nSPS) is 26.2. The number of ether oxygens (including phenoxy) is 1. The molecule has 4 rings (SSSR count). The highest BCUT2D eigenvalue weighted by atomic mass is 16.5. The molecule has 110 valence electrons. The van der Waals surface area contributed by atoms with Crippen LogP contribution in [0.15, 0.2) is 46.9 Å². The highest BCUT2D eigenvalue weighted by Crippen LogP contribution is 2.52. The number of para-hydroxylation sites is 1. The van der Waals surface area contributed by atoms with Gasteiger partial charge in [0.15, 0.2) is 0 Å². The predicted octanol–water partition coefficient (Wildman–Crippen LogP) is 2.43. The van der Waals surface area contributed by atoms with Crippen LogP contribution in [0.25, 0.3) is 0 Å². The first-order valence-corrected chi connectivity index (χ1v) is 7.41. The summed E-state index contributed by atoms with van der Waals surface area (Å²) < 4.78 is 5.91. The number of hydrogen-bond acceptors (Lipinski definition) is 4. The first-order valence-electron chi connectivity index (χ1n) is 7.41. The second kappa shape index (κ2) is 4.38. The number of carbonyl (C=O) groups excluding carboxylic acids is 1. The van der Waals surface area contributed by atoms with E-state index in [0.717, 1.165) is 48.1 Å². The topological polar surface area (TPSA) is 88.1 Å². The number of anilines is 1. The van der Waals surface area contributed by atoms with Crippen molar-refractivity contribution in [2.24, 2.45) is 5.73 Å². The molecule has 2 heterocycles. The van der Waals surface area contributed by atoms with Crippen LogP contribution < -0.4 is 11.1 Å². The predicted molar refractivity (Wildman–Crippen MR) is 80.2 cm³/mol. The Labute approximate surface area is 128 Å². The maximum atomic E-state index is 12.8. The molecule has 22 heavy (non-hydrogen) atoms. The van der Waals surface area contributed by atoms with E-state index in [0.29, 0.717) is 5.57 Å². The van der Waals surface area contributed by atoms with Gasteiger partial charge in [-0.1, -0.05) is 18.2 Å². The minimum Gasteiger partial charge on any atom is -0.452 e. The van der Waals surface area contributed by atoms with Gasteiger partial charge in [-0.05, 0) is 42.9 Å². The first-order chi connectivity index (χ1) is 10.7. The van der Waals surface area contributed by atoms with E-state index in [2.05, 4.69) is 11.4 Å². The van der Waals surface area contributed by atoms with Gasteiger partial charge in [0.1, 0.15) is 11.6 Å². The van der Waals surface area contributed by atoms with Crippen LogP contribution in [0.4, 0.5) is 5.69 Å². The molecule has 1 atom stereocenters. The summed E-state index contributed by atoms with van der Waals surface area (Å²) in [6, 6.07) is 9.63. The Balaban J connectivity index is 2.01. The van der Waals surface area contributed by atoms with Crippen LogP contribution in [0.5, 0.6) is 0 Å². The maximum absolute atomic E-state index is 12.8. The Hall–Kier alpha value is -2.74. The number of hydrogen-bond donors (Lipinski definition) is 2. The van der Waals surface area contributed by atoms with Gasteiger partial charge >= 0.3 is 0 Å². The monoisotopic (exact) mass is 293 g/mol. The van der Waals surface area contributed by atoms with E-state index >= 15 is 0 Å². The van der Waals surface area contributed by atoms with Crippen LogP contribution in [-0.2, 0) is 15.1 Å². The molecule has 1 aromatic carbocycles. The quantitative estimate of drug-likeness (QED) is 0.769. The van der Waals surface area contributed by atoms with Crippen LogP contribution in [0.1, 0.15) is 31.2 Å². The number of nitriles is 1. The molecule has 2 aliphatic heterocycles. The van der Waals surface area contributed by atoms with E-state index in [9.17, 15) is 10.1 Å². The Morgan fingerprint density at radius 3 is 2.86 bits per heavy atom. The van der Waals surface area contributed by atoms with Crippen molar-refractivity contribution in [2.75, 3.05) is 5.32 Å². The van der Waals surface area contributed by atoms with Crippen molar-refractivity contribution in [3.63, 3.8) is 0 Å². The van der Waals surface area contributed by atoms with Gasteiger partial charge in [0.25, 0.3) is 5.91 Å². The van der Waals surface area contributed by atoms with E-state index in [-0.39, 0.29) is 11.8 Å². The van der Waals surface area contributed by atoms with Gasteiger partial charge in [-0.3, -0.25) is 4.79 Å². The largest absolute Gasteiger partial charge is 0.452 e. The molecule has 1 aromatic rings. The van der Waals surface area contributed by atoms with Crippen LogP contribution >= 0.6 is 0 Å². The Kier molecular flexibility index (Phi) is 2.58. The fourth-order valence-corrected chi connectivity index (χ4v) is 3.75. The van der Waals surface area contributed by atoms with Crippen molar-refractivity contribution < 1.29 is 9.53 Å². The first kappa shape index (κ1) is 13.0. The highest BCUT2D eigenvalue weighted by molar-refractivity contribution is 6.08.